The molecule has 0 aromatic carbocycles. The third-order valence-corrected chi connectivity index (χ3v) is 4.11. The highest BCUT2D eigenvalue weighted by atomic mass is 16.6. The second kappa shape index (κ2) is 4.38. The van der Waals surface area contributed by atoms with Gasteiger partial charge in [-0.05, 0) is 13.8 Å². The van der Waals surface area contributed by atoms with Gasteiger partial charge in [0.25, 0.3) is 0 Å². The molecule has 0 bridgehead atoms. The van der Waals surface area contributed by atoms with Crippen LogP contribution in [0, 0.1) is 0 Å². The maximum absolute atomic E-state index is 6.34. The van der Waals surface area contributed by atoms with Crippen LogP contribution < -0.4 is 4.90 Å². The fraction of sp³-hybridized carbons (Fsp3) is 0.643. The van der Waals surface area contributed by atoms with E-state index < -0.39 is 0 Å². The van der Waals surface area contributed by atoms with Gasteiger partial charge in [-0.15, -0.1) is 0 Å². The van der Waals surface area contributed by atoms with Gasteiger partial charge < -0.3 is 14.4 Å². The highest BCUT2D eigenvalue weighted by Gasteiger charge is 2.47. The summed E-state index contributed by atoms with van der Waals surface area (Å²) in [6, 6.07) is 0. The van der Waals surface area contributed by atoms with Crippen molar-refractivity contribution >= 4 is 11.5 Å². The van der Waals surface area contributed by atoms with Crippen molar-refractivity contribution in [1.29, 1.82) is 0 Å². The van der Waals surface area contributed by atoms with Crippen molar-refractivity contribution in [2.75, 3.05) is 31.2 Å². The first-order chi connectivity index (χ1) is 10.1. The zero-order valence-electron chi connectivity index (χ0n) is 12.3. The van der Waals surface area contributed by atoms with E-state index in [1.54, 1.807) is 12.5 Å². The molecule has 4 rings (SSSR count). The molecule has 4 heterocycles. The minimum atomic E-state index is -0.241. The van der Waals surface area contributed by atoms with Gasteiger partial charge in [-0.3, -0.25) is 4.98 Å². The zero-order chi connectivity index (χ0) is 14.5. The predicted octanol–water partition coefficient (Wildman–Crippen LogP) is 0.899. The topological polar surface area (TPSA) is 64.8 Å². The van der Waals surface area contributed by atoms with E-state index in [1.165, 1.54) is 0 Å². The average Bonchev–Trinajstić information content (AvgIpc) is 3.05. The number of nitrogens with zero attached hydrogens (tertiary/aromatic N) is 5. The van der Waals surface area contributed by atoms with E-state index in [9.17, 15) is 0 Å². The highest BCUT2D eigenvalue weighted by Crippen LogP contribution is 2.36. The Morgan fingerprint density at radius 1 is 1.24 bits per heavy atom. The SMILES string of the molecule is CC1(C)CN(c2cncc3ncnn23)CC2(CCOC2)O1. The van der Waals surface area contributed by atoms with Crippen LogP contribution in [-0.2, 0) is 9.47 Å². The van der Waals surface area contributed by atoms with Crippen LogP contribution in [0.3, 0.4) is 0 Å². The van der Waals surface area contributed by atoms with Gasteiger partial charge in [0, 0.05) is 19.6 Å². The minimum Gasteiger partial charge on any atom is -0.378 e. The fourth-order valence-electron chi connectivity index (χ4n) is 3.43. The van der Waals surface area contributed by atoms with Crippen molar-refractivity contribution in [3.63, 3.8) is 0 Å². The summed E-state index contributed by atoms with van der Waals surface area (Å²) >= 11 is 0. The fourth-order valence-corrected chi connectivity index (χ4v) is 3.43. The molecule has 7 heteroatoms. The number of hydrogen-bond donors (Lipinski definition) is 0. The number of morpholine rings is 1. The first-order valence-electron chi connectivity index (χ1n) is 7.24. The molecule has 7 nitrogen and oxygen atoms in total. The van der Waals surface area contributed by atoms with Gasteiger partial charge in [-0.2, -0.15) is 9.61 Å². The quantitative estimate of drug-likeness (QED) is 0.777. The molecule has 0 saturated carbocycles. The van der Waals surface area contributed by atoms with Crippen LogP contribution in [0.5, 0.6) is 0 Å². The Labute approximate surface area is 122 Å². The second-order valence-corrected chi connectivity index (χ2v) is 6.50. The smallest absolute Gasteiger partial charge is 0.175 e. The summed E-state index contributed by atoms with van der Waals surface area (Å²) in [7, 11) is 0. The maximum atomic E-state index is 6.34. The van der Waals surface area contributed by atoms with Gasteiger partial charge in [-0.1, -0.05) is 0 Å². The van der Waals surface area contributed by atoms with Gasteiger partial charge in [0.05, 0.1) is 31.1 Å². The Morgan fingerprint density at radius 2 is 2.14 bits per heavy atom. The van der Waals surface area contributed by atoms with Crippen molar-refractivity contribution in [2.24, 2.45) is 0 Å². The number of anilines is 1. The molecule has 21 heavy (non-hydrogen) atoms. The number of aromatic nitrogens is 4. The van der Waals surface area contributed by atoms with Gasteiger partial charge in [0.15, 0.2) is 11.5 Å². The normalized spacial score (nSPS) is 28.6. The summed E-state index contributed by atoms with van der Waals surface area (Å²) in [6.07, 6.45) is 6.04. The van der Waals surface area contributed by atoms with E-state index in [0.29, 0.717) is 6.61 Å². The molecular weight excluding hydrogens is 270 g/mol. The lowest BCUT2D eigenvalue weighted by atomic mass is 9.95. The zero-order valence-corrected chi connectivity index (χ0v) is 12.3. The third-order valence-electron chi connectivity index (χ3n) is 4.11. The predicted molar refractivity (Wildman–Crippen MR) is 76.3 cm³/mol. The Bertz CT molecular complexity index is 662. The van der Waals surface area contributed by atoms with Crippen molar-refractivity contribution < 1.29 is 9.47 Å². The van der Waals surface area contributed by atoms with Crippen molar-refractivity contribution in [1.82, 2.24) is 19.6 Å². The average molecular weight is 289 g/mol. The summed E-state index contributed by atoms with van der Waals surface area (Å²) in [5.41, 5.74) is 0.285. The lowest BCUT2D eigenvalue weighted by molar-refractivity contribution is -0.151. The molecule has 2 aliphatic heterocycles. The van der Waals surface area contributed by atoms with Crippen LogP contribution in [0.15, 0.2) is 18.7 Å². The van der Waals surface area contributed by atoms with Gasteiger partial charge >= 0.3 is 0 Å². The molecule has 1 spiro atoms. The molecular formula is C14H19N5O2. The molecule has 0 N–H and O–H groups in total. The van der Waals surface area contributed by atoms with Crippen molar-refractivity contribution in [2.45, 2.75) is 31.5 Å². The Morgan fingerprint density at radius 3 is 2.95 bits per heavy atom. The number of hydrogen-bond acceptors (Lipinski definition) is 6. The van der Waals surface area contributed by atoms with Crippen LogP contribution in [0.1, 0.15) is 20.3 Å². The van der Waals surface area contributed by atoms with Crippen molar-refractivity contribution in [3.05, 3.63) is 18.7 Å². The number of rotatable bonds is 1. The van der Waals surface area contributed by atoms with E-state index >= 15 is 0 Å². The van der Waals surface area contributed by atoms with Gasteiger partial charge in [0.2, 0.25) is 0 Å². The largest absolute Gasteiger partial charge is 0.378 e. The van der Waals surface area contributed by atoms with E-state index in [1.807, 2.05) is 10.7 Å². The third kappa shape index (κ3) is 2.16. The lowest BCUT2D eigenvalue weighted by Gasteiger charge is -2.48. The summed E-state index contributed by atoms with van der Waals surface area (Å²) in [5.74, 6) is 0.952. The molecule has 0 aliphatic carbocycles. The van der Waals surface area contributed by atoms with Crippen LogP contribution in [0.4, 0.5) is 5.82 Å². The van der Waals surface area contributed by atoms with Crippen LogP contribution in [0.25, 0.3) is 5.65 Å². The minimum absolute atomic E-state index is 0.232. The van der Waals surface area contributed by atoms with Crippen LogP contribution in [0.2, 0.25) is 0 Å². The highest BCUT2D eigenvalue weighted by molar-refractivity contribution is 5.47. The summed E-state index contributed by atoms with van der Waals surface area (Å²) in [6.45, 7) is 7.22. The molecule has 0 radical (unpaired) electrons. The Kier molecular flexibility index (Phi) is 2.71. The van der Waals surface area contributed by atoms with E-state index in [2.05, 4.69) is 33.8 Å². The molecule has 112 valence electrons. The lowest BCUT2D eigenvalue weighted by Crippen LogP contribution is -2.60. The molecule has 2 saturated heterocycles. The Balaban J connectivity index is 1.75. The molecule has 2 aromatic heterocycles. The Hall–Kier alpha value is -1.73. The number of ether oxygens (including phenoxy) is 2. The maximum Gasteiger partial charge on any atom is 0.175 e. The summed E-state index contributed by atoms with van der Waals surface area (Å²) in [5, 5.41) is 4.31. The van der Waals surface area contributed by atoms with Crippen LogP contribution >= 0.6 is 0 Å². The second-order valence-electron chi connectivity index (χ2n) is 6.50. The molecule has 0 amide bonds. The standard InChI is InChI=1S/C14H19N5O2/c1-13(2)7-18(8-14(21-13)3-4-20-9-14)12-6-15-5-11-16-10-17-19(11)12/h5-6,10H,3-4,7-9H2,1-2H3. The summed E-state index contributed by atoms with van der Waals surface area (Å²) < 4.78 is 13.8. The summed E-state index contributed by atoms with van der Waals surface area (Å²) in [4.78, 5) is 10.8. The molecule has 2 fully saturated rings. The molecule has 2 aromatic rings. The van der Waals surface area contributed by atoms with E-state index in [-0.39, 0.29) is 11.2 Å². The first-order valence-corrected chi connectivity index (χ1v) is 7.24. The number of fused-ring (bicyclic) bond motifs is 1. The van der Waals surface area contributed by atoms with Crippen molar-refractivity contribution in [3.8, 4) is 0 Å². The van der Waals surface area contributed by atoms with E-state index in [0.717, 1.165) is 37.6 Å². The first kappa shape index (κ1) is 13.0. The molecule has 1 unspecified atom stereocenters. The van der Waals surface area contributed by atoms with Gasteiger partial charge in [0.1, 0.15) is 11.9 Å². The molecule has 1 atom stereocenters. The monoisotopic (exact) mass is 289 g/mol. The molecule has 2 aliphatic rings. The van der Waals surface area contributed by atoms with E-state index in [4.69, 9.17) is 9.47 Å². The van der Waals surface area contributed by atoms with Gasteiger partial charge in [-0.25, -0.2) is 4.98 Å². The van der Waals surface area contributed by atoms with Crippen LogP contribution in [-0.4, -0.2) is 57.1 Å².